The molecule has 0 atom stereocenters. The van der Waals surface area contributed by atoms with Crippen LogP contribution < -0.4 is 10.2 Å². The molecule has 1 aromatic carbocycles. The van der Waals surface area contributed by atoms with Gasteiger partial charge >= 0.3 is 0 Å². The molecule has 5 heteroatoms. The number of nitrogens with one attached hydrogen (secondary N) is 2. The molecule has 2 rings (SSSR count). The van der Waals surface area contributed by atoms with Crippen LogP contribution in [0.3, 0.4) is 0 Å². The Hall–Kier alpha value is -2.56. The van der Waals surface area contributed by atoms with Crippen LogP contribution in [0.2, 0.25) is 0 Å². The Labute approximate surface area is 136 Å². The van der Waals surface area contributed by atoms with Gasteiger partial charge in [-0.1, -0.05) is 19.1 Å². The van der Waals surface area contributed by atoms with E-state index in [-0.39, 0.29) is 12.5 Å². The predicted octanol–water partition coefficient (Wildman–Crippen LogP) is 3.11. The number of H-pyrrole nitrogens is 1. The van der Waals surface area contributed by atoms with E-state index < -0.39 is 0 Å². The molecular weight excluding hydrogens is 290 g/mol. The monoisotopic (exact) mass is 313 g/mol. The van der Waals surface area contributed by atoms with Crippen molar-refractivity contribution < 1.29 is 9.53 Å². The maximum Gasteiger partial charge on any atom is 0.277 e. The maximum absolute atomic E-state index is 11.8. The molecule has 0 bridgehead atoms. The van der Waals surface area contributed by atoms with Crippen molar-refractivity contribution in [2.75, 3.05) is 6.61 Å². The number of rotatable bonds is 6. The summed E-state index contributed by atoms with van der Waals surface area (Å²) in [5, 5.41) is 4.14. The summed E-state index contributed by atoms with van der Waals surface area (Å²) in [6.07, 6.45) is 2.90. The van der Waals surface area contributed by atoms with Crippen molar-refractivity contribution in [1.29, 1.82) is 0 Å². The van der Waals surface area contributed by atoms with E-state index in [2.05, 4.69) is 22.4 Å². The van der Waals surface area contributed by atoms with Gasteiger partial charge in [0.15, 0.2) is 6.61 Å². The summed E-state index contributed by atoms with van der Waals surface area (Å²) in [6, 6.07) is 7.72. The van der Waals surface area contributed by atoms with Crippen molar-refractivity contribution in [3.63, 3.8) is 0 Å². The van der Waals surface area contributed by atoms with Gasteiger partial charge < -0.3 is 9.72 Å². The molecule has 0 spiro atoms. The van der Waals surface area contributed by atoms with E-state index in [0.717, 1.165) is 29.0 Å². The Kier molecular flexibility index (Phi) is 5.57. The minimum Gasteiger partial charge on any atom is -0.484 e. The van der Waals surface area contributed by atoms with E-state index in [1.807, 2.05) is 51.2 Å². The zero-order chi connectivity index (χ0) is 16.8. The topological polar surface area (TPSA) is 66.5 Å². The lowest BCUT2D eigenvalue weighted by molar-refractivity contribution is -0.123. The van der Waals surface area contributed by atoms with Crippen molar-refractivity contribution in [2.45, 2.75) is 34.1 Å². The predicted molar refractivity (Wildman–Crippen MR) is 91.9 cm³/mol. The van der Waals surface area contributed by atoms with E-state index in [4.69, 9.17) is 4.74 Å². The highest BCUT2D eigenvalue weighted by Gasteiger charge is 2.08. The molecule has 23 heavy (non-hydrogen) atoms. The van der Waals surface area contributed by atoms with Crippen LogP contribution in [0.4, 0.5) is 0 Å². The first kappa shape index (κ1) is 16.8. The smallest absolute Gasteiger partial charge is 0.277 e. The zero-order valence-electron chi connectivity index (χ0n) is 14.1. The van der Waals surface area contributed by atoms with Crippen LogP contribution in [0, 0.1) is 13.8 Å². The van der Waals surface area contributed by atoms with Crippen molar-refractivity contribution >= 4 is 11.6 Å². The van der Waals surface area contributed by atoms with E-state index in [1.54, 1.807) is 0 Å². The molecule has 2 aromatic rings. The van der Waals surface area contributed by atoms with Crippen molar-refractivity contribution in [3.05, 3.63) is 52.8 Å². The second-order valence-corrected chi connectivity index (χ2v) is 5.49. The summed E-state index contributed by atoms with van der Waals surface area (Å²) in [5.74, 6) is 0.394. The standard InChI is InChI=1S/C18H23N3O2/c1-5-15-6-8-16(9-7-15)23-11-17(22)21-20-14(4)18-12(2)10-19-13(18)3/h6-10,19H,5,11H2,1-4H3,(H,21,22)/b20-14+. The highest BCUT2D eigenvalue weighted by molar-refractivity contribution is 6.01. The van der Waals surface area contributed by atoms with Crippen LogP contribution in [-0.2, 0) is 11.2 Å². The molecule has 1 heterocycles. The van der Waals surface area contributed by atoms with Crippen LogP contribution in [0.15, 0.2) is 35.6 Å². The first-order valence-electron chi connectivity index (χ1n) is 7.71. The van der Waals surface area contributed by atoms with Crippen LogP contribution in [0.1, 0.15) is 36.2 Å². The SMILES string of the molecule is CCc1ccc(OCC(=O)N/N=C(\C)c2c(C)c[nH]c2C)cc1. The number of hydrazone groups is 1. The molecule has 5 nitrogen and oxygen atoms in total. The van der Waals surface area contributed by atoms with Gasteiger partial charge in [-0.25, -0.2) is 5.43 Å². The van der Waals surface area contributed by atoms with Crippen molar-refractivity contribution in [3.8, 4) is 5.75 Å². The van der Waals surface area contributed by atoms with Crippen LogP contribution in [-0.4, -0.2) is 23.2 Å². The summed E-state index contributed by atoms with van der Waals surface area (Å²) in [6.45, 7) is 7.88. The second kappa shape index (κ2) is 7.63. The Morgan fingerprint density at radius 3 is 2.52 bits per heavy atom. The lowest BCUT2D eigenvalue weighted by Gasteiger charge is -2.07. The molecule has 0 fully saturated rings. The van der Waals surface area contributed by atoms with Gasteiger partial charge in [-0.05, 0) is 50.5 Å². The van der Waals surface area contributed by atoms with Gasteiger partial charge in [0.05, 0.1) is 5.71 Å². The van der Waals surface area contributed by atoms with Crippen molar-refractivity contribution in [2.24, 2.45) is 5.10 Å². The third kappa shape index (κ3) is 4.45. The average Bonchev–Trinajstić information content (AvgIpc) is 2.90. The maximum atomic E-state index is 11.8. The molecule has 0 radical (unpaired) electrons. The van der Waals surface area contributed by atoms with Gasteiger partial charge in [-0.2, -0.15) is 5.10 Å². The van der Waals surface area contributed by atoms with Gasteiger partial charge in [0.25, 0.3) is 5.91 Å². The van der Waals surface area contributed by atoms with Crippen LogP contribution in [0.25, 0.3) is 0 Å². The summed E-state index contributed by atoms with van der Waals surface area (Å²) in [4.78, 5) is 15.0. The average molecular weight is 313 g/mol. The van der Waals surface area contributed by atoms with Gasteiger partial charge in [0.2, 0.25) is 0 Å². The molecular formula is C18H23N3O2. The number of aromatic amines is 1. The number of hydrogen-bond donors (Lipinski definition) is 2. The molecule has 2 N–H and O–H groups in total. The van der Waals surface area contributed by atoms with Crippen LogP contribution in [0.5, 0.6) is 5.75 Å². The third-order valence-electron chi connectivity index (χ3n) is 3.69. The molecule has 0 aliphatic rings. The number of carbonyl (C=O) groups is 1. The minimum absolute atomic E-state index is 0.0621. The van der Waals surface area contributed by atoms with Gasteiger partial charge in [-0.15, -0.1) is 0 Å². The Bertz CT molecular complexity index is 680. The number of amides is 1. The summed E-state index contributed by atoms with van der Waals surface area (Å²) >= 11 is 0. The molecule has 1 amide bonds. The number of benzene rings is 1. The van der Waals surface area contributed by atoms with Gasteiger partial charge in [0, 0.05) is 17.5 Å². The zero-order valence-corrected chi connectivity index (χ0v) is 14.1. The number of aryl methyl sites for hydroxylation is 3. The highest BCUT2D eigenvalue weighted by atomic mass is 16.5. The number of nitrogens with zero attached hydrogens (tertiary/aromatic N) is 1. The number of carbonyl (C=O) groups excluding carboxylic acids is 1. The lowest BCUT2D eigenvalue weighted by atomic mass is 10.1. The van der Waals surface area contributed by atoms with E-state index >= 15 is 0 Å². The van der Waals surface area contributed by atoms with E-state index in [9.17, 15) is 4.79 Å². The molecule has 0 aliphatic carbocycles. The largest absolute Gasteiger partial charge is 0.484 e. The normalized spacial score (nSPS) is 11.4. The summed E-state index contributed by atoms with van der Waals surface area (Å²) in [7, 11) is 0. The third-order valence-corrected chi connectivity index (χ3v) is 3.69. The quantitative estimate of drug-likeness (QED) is 0.635. The number of ether oxygens (including phenoxy) is 1. The van der Waals surface area contributed by atoms with Gasteiger partial charge in [0.1, 0.15) is 5.75 Å². The molecule has 0 saturated heterocycles. The lowest BCUT2D eigenvalue weighted by Crippen LogP contribution is -2.25. The van der Waals surface area contributed by atoms with E-state index in [0.29, 0.717) is 5.75 Å². The number of hydrogen-bond acceptors (Lipinski definition) is 3. The first-order valence-corrected chi connectivity index (χ1v) is 7.71. The summed E-state index contributed by atoms with van der Waals surface area (Å²) in [5.41, 5.74) is 7.69. The highest BCUT2D eigenvalue weighted by Crippen LogP contribution is 2.13. The fourth-order valence-corrected chi connectivity index (χ4v) is 2.42. The van der Waals surface area contributed by atoms with E-state index in [1.165, 1.54) is 5.56 Å². The fraction of sp³-hybridized carbons (Fsp3) is 0.333. The Balaban J connectivity index is 1.88. The van der Waals surface area contributed by atoms with Gasteiger partial charge in [-0.3, -0.25) is 4.79 Å². The molecule has 122 valence electrons. The summed E-state index contributed by atoms with van der Waals surface area (Å²) < 4.78 is 5.45. The second-order valence-electron chi connectivity index (χ2n) is 5.49. The molecule has 0 saturated carbocycles. The Morgan fingerprint density at radius 2 is 1.96 bits per heavy atom. The number of aromatic nitrogens is 1. The van der Waals surface area contributed by atoms with Crippen LogP contribution >= 0.6 is 0 Å². The Morgan fingerprint density at radius 1 is 1.26 bits per heavy atom. The minimum atomic E-state index is -0.283. The molecule has 0 unspecified atom stereocenters. The first-order chi connectivity index (χ1) is 11.0. The fourth-order valence-electron chi connectivity index (χ4n) is 2.42. The molecule has 1 aromatic heterocycles. The van der Waals surface area contributed by atoms with Crippen molar-refractivity contribution in [1.82, 2.24) is 10.4 Å². The molecule has 0 aliphatic heterocycles.